The second-order valence-electron chi connectivity index (χ2n) is 8.50. The molecule has 31 heavy (non-hydrogen) atoms. The van der Waals surface area contributed by atoms with E-state index in [1.165, 1.54) is 0 Å². The molecule has 0 spiro atoms. The Hall–Kier alpha value is -2.73. The van der Waals surface area contributed by atoms with Crippen molar-refractivity contribution >= 4 is 34.8 Å². The predicted octanol–water partition coefficient (Wildman–Crippen LogP) is 4.44. The quantitative estimate of drug-likeness (QED) is 0.716. The van der Waals surface area contributed by atoms with Crippen LogP contribution in [-0.4, -0.2) is 48.5 Å². The first kappa shape index (κ1) is 22.9. The maximum Gasteiger partial charge on any atom is 0.268 e. The highest BCUT2D eigenvalue weighted by Crippen LogP contribution is 2.29. The minimum atomic E-state index is -1.08. The smallest absolute Gasteiger partial charge is 0.268 e. The number of benzene rings is 2. The molecular formula is C24H30ClN3O3. The lowest BCUT2D eigenvalue weighted by Gasteiger charge is -2.37. The summed E-state index contributed by atoms with van der Waals surface area (Å²) in [6.07, 6.45) is 0. The van der Waals surface area contributed by atoms with Gasteiger partial charge in [-0.25, -0.2) is 0 Å². The Morgan fingerprint density at radius 1 is 1.00 bits per heavy atom. The Balaban J connectivity index is 1.68. The highest BCUT2D eigenvalue weighted by atomic mass is 35.5. The molecule has 0 aromatic heterocycles. The summed E-state index contributed by atoms with van der Waals surface area (Å²) in [5, 5.41) is 3.63. The maximum absolute atomic E-state index is 13.0. The summed E-state index contributed by atoms with van der Waals surface area (Å²) < 4.78 is 5.91. The normalized spacial score (nSPS) is 14.5. The molecule has 6 nitrogen and oxygen atoms in total. The molecule has 0 radical (unpaired) electrons. The van der Waals surface area contributed by atoms with E-state index in [2.05, 4.69) is 10.2 Å². The van der Waals surface area contributed by atoms with Crippen LogP contribution in [0.1, 0.15) is 27.7 Å². The number of ether oxygens (including phenoxy) is 1. The summed E-state index contributed by atoms with van der Waals surface area (Å²) in [4.78, 5) is 29.4. The number of carbonyl (C=O) groups is 2. The molecule has 2 amide bonds. The number of hydrogen-bond acceptors (Lipinski definition) is 4. The number of piperazine rings is 1. The van der Waals surface area contributed by atoms with Crippen LogP contribution in [0.2, 0.25) is 5.02 Å². The zero-order chi connectivity index (χ0) is 22.6. The molecule has 1 fully saturated rings. The Morgan fingerprint density at radius 3 is 2.23 bits per heavy atom. The Morgan fingerprint density at radius 2 is 1.61 bits per heavy atom. The van der Waals surface area contributed by atoms with Gasteiger partial charge in [-0.3, -0.25) is 9.59 Å². The van der Waals surface area contributed by atoms with Crippen LogP contribution in [0.25, 0.3) is 0 Å². The van der Waals surface area contributed by atoms with Gasteiger partial charge in [0.05, 0.1) is 11.4 Å². The molecule has 2 aromatic rings. The van der Waals surface area contributed by atoms with E-state index in [1.807, 2.05) is 43.0 Å². The third-order valence-electron chi connectivity index (χ3n) is 5.31. The Labute approximate surface area is 189 Å². The van der Waals surface area contributed by atoms with Gasteiger partial charge in [0.25, 0.3) is 5.91 Å². The van der Waals surface area contributed by atoms with Gasteiger partial charge in [-0.1, -0.05) is 37.6 Å². The van der Waals surface area contributed by atoms with Crippen molar-refractivity contribution < 1.29 is 14.3 Å². The number of hydrogen-bond donors (Lipinski definition) is 1. The van der Waals surface area contributed by atoms with Gasteiger partial charge in [-0.15, -0.1) is 0 Å². The average Bonchev–Trinajstić information content (AvgIpc) is 2.75. The Kier molecular flexibility index (Phi) is 7.11. The molecule has 7 heteroatoms. The van der Waals surface area contributed by atoms with Crippen molar-refractivity contribution in [2.45, 2.75) is 33.3 Å². The molecule has 1 aliphatic heterocycles. The van der Waals surface area contributed by atoms with E-state index in [1.54, 1.807) is 38.1 Å². The fourth-order valence-corrected chi connectivity index (χ4v) is 3.63. The second kappa shape index (κ2) is 9.60. The number of amides is 2. The maximum atomic E-state index is 13.0. The minimum Gasteiger partial charge on any atom is -0.478 e. The van der Waals surface area contributed by atoms with Crippen molar-refractivity contribution in [2.75, 3.05) is 36.4 Å². The fraction of sp³-hybridized carbons (Fsp3) is 0.417. The average molecular weight is 444 g/mol. The van der Waals surface area contributed by atoms with Crippen molar-refractivity contribution in [3.05, 3.63) is 53.6 Å². The molecule has 1 aliphatic rings. The molecule has 0 bridgehead atoms. The van der Waals surface area contributed by atoms with Gasteiger partial charge in [0, 0.05) is 37.1 Å². The number of para-hydroxylation sites is 2. The molecule has 1 N–H and O–H groups in total. The number of halogens is 1. The summed E-state index contributed by atoms with van der Waals surface area (Å²) >= 11 is 5.92. The van der Waals surface area contributed by atoms with Crippen LogP contribution in [0, 0.1) is 5.92 Å². The van der Waals surface area contributed by atoms with Crippen LogP contribution in [-0.2, 0) is 9.59 Å². The van der Waals surface area contributed by atoms with Crippen LogP contribution in [0.15, 0.2) is 48.5 Å². The lowest BCUT2D eigenvalue weighted by molar-refractivity contribution is -0.134. The van der Waals surface area contributed by atoms with Crippen molar-refractivity contribution in [1.82, 2.24) is 4.90 Å². The van der Waals surface area contributed by atoms with Gasteiger partial charge in [-0.05, 0) is 50.2 Å². The third-order valence-corrected chi connectivity index (χ3v) is 5.56. The summed E-state index contributed by atoms with van der Waals surface area (Å²) in [6.45, 7) is 10.1. The number of nitrogens with one attached hydrogen (secondary N) is 1. The first-order valence-corrected chi connectivity index (χ1v) is 10.9. The van der Waals surface area contributed by atoms with E-state index in [0.29, 0.717) is 23.9 Å². The van der Waals surface area contributed by atoms with E-state index in [-0.39, 0.29) is 17.7 Å². The molecule has 3 rings (SSSR count). The van der Waals surface area contributed by atoms with Crippen molar-refractivity contribution in [3.63, 3.8) is 0 Å². The molecule has 1 heterocycles. The summed E-state index contributed by atoms with van der Waals surface area (Å²) in [7, 11) is 0. The van der Waals surface area contributed by atoms with Crippen molar-refractivity contribution in [1.29, 1.82) is 0 Å². The van der Waals surface area contributed by atoms with E-state index in [9.17, 15) is 9.59 Å². The molecular weight excluding hydrogens is 414 g/mol. The first-order chi connectivity index (χ1) is 14.7. The van der Waals surface area contributed by atoms with E-state index >= 15 is 0 Å². The first-order valence-electron chi connectivity index (χ1n) is 10.6. The summed E-state index contributed by atoms with van der Waals surface area (Å²) in [5.41, 5.74) is 0.585. The monoisotopic (exact) mass is 443 g/mol. The topological polar surface area (TPSA) is 61.9 Å². The van der Waals surface area contributed by atoms with Crippen LogP contribution >= 0.6 is 11.6 Å². The van der Waals surface area contributed by atoms with Crippen LogP contribution in [0.5, 0.6) is 5.75 Å². The lowest BCUT2D eigenvalue weighted by atomic mass is 10.1. The zero-order valence-electron chi connectivity index (χ0n) is 18.5. The van der Waals surface area contributed by atoms with E-state index < -0.39 is 5.60 Å². The van der Waals surface area contributed by atoms with Gasteiger partial charge in [0.2, 0.25) is 5.91 Å². The molecule has 2 aromatic carbocycles. The van der Waals surface area contributed by atoms with E-state index in [4.69, 9.17) is 16.3 Å². The van der Waals surface area contributed by atoms with Crippen LogP contribution in [0.4, 0.5) is 11.4 Å². The molecule has 0 saturated carbocycles. The van der Waals surface area contributed by atoms with E-state index in [0.717, 1.165) is 24.5 Å². The number of carbonyl (C=O) groups excluding carboxylic acids is 2. The summed E-state index contributed by atoms with van der Waals surface area (Å²) in [5.74, 6) is 0.510. The number of anilines is 2. The van der Waals surface area contributed by atoms with Crippen molar-refractivity contribution in [3.8, 4) is 5.75 Å². The third kappa shape index (κ3) is 5.70. The second-order valence-corrected chi connectivity index (χ2v) is 8.94. The highest BCUT2D eigenvalue weighted by molar-refractivity contribution is 6.30. The molecule has 0 unspecified atom stereocenters. The predicted molar refractivity (Wildman–Crippen MR) is 125 cm³/mol. The summed E-state index contributed by atoms with van der Waals surface area (Å²) in [6, 6.07) is 14.6. The number of nitrogens with zero attached hydrogens (tertiary/aromatic N) is 2. The van der Waals surface area contributed by atoms with Gasteiger partial charge < -0.3 is 19.9 Å². The molecule has 0 atom stereocenters. The molecule has 1 saturated heterocycles. The van der Waals surface area contributed by atoms with Crippen LogP contribution in [0.3, 0.4) is 0 Å². The highest BCUT2D eigenvalue weighted by Gasteiger charge is 2.31. The standard InChI is InChI=1S/C24H30ClN3O3/c1-17(2)22(29)28-15-13-27(14-16-28)21-8-6-5-7-20(21)26-23(30)24(3,4)31-19-11-9-18(25)10-12-19/h5-12,17H,13-16H2,1-4H3,(H,26,30). The zero-order valence-corrected chi connectivity index (χ0v) is 19.3. The minimum absolute atomic E-state index is 0.000922. The Bertz CT molecular complexity index is 920. The number of rotatable bonds is 6. The van der Waals surface area contributed by atoms with Gasteiger partial charge >= 0.3 is 0 Å². The lowest BCUT2D eigenvalue weighted by Crippen LogP contribution is -2.50. The largest absolute Gasteiger partial charge is 0.478 e. The SMILES string of the molecule is CC(C)C(=O)N1CCN(c2ccccc2NC(=O)C(C)(C)Oc2ccc(Cl)cc2)CC1. The van der Waals surface area contributed by atoms with Gasteiger partial charge in [0.1, 0.15) is 5.75 Å². The van der Waals surface area contributed by atoms with Gasteiger partial charge in [0.15, 0.2) is 5.60 Å². The fourth-order valence-electron chi connectivity index (χ4n) is 3.50. The molecule has 166 valence electrons. The molecule has 0 aliphatic carbocycles. The van der Waals surface area contributed by atoms with Crippen LogP contribution < -0.4 is 15.0 Å². The van der Waals surface area contributed by atoms with Gasteiger partial charge in [-0.2, -0.15) is 0 Å². The van der Waals surface area contributed by atoms with Crippen molar-refractivity contribution in [2.24, 2.45) is 5.92 Å².